The minimum absolute atomic E-state index is 0.238. The average Bonchev–Trinajstić information content (AvgIpc) is 2.82. The standard InChI is InChI=1S/C15H27N3/c1-3-9-17-15(12-16)8-7-14(11-15)18-10-5-4-6-13(18)2/h13-14,17H,3-11H2,1-2H3. The Labute approximate surface area is 112 Å². The van der Waals surface area contributed by atoms with Gasteiger partial charge in [0.1, 0.15) is 5.54 Å². The fraction of sp³-hybridized carbons (Fsp3) is 0.933. The molecule has 0 aromatic rings. The summed E-state index contributed by atoms with van der Waals surface area (Å²) in [6.07, 6.45) is 8.39. The first-order valence-corrected chi connectivity index (χ1v) is 7.63. The predicted molar refractivity (Wildman–Crippen MR) is 74.3 cm³/mol. The number of nitriles is 1. The van der Waals surface area contributed by atoms with Crippen molar-refractivity contribution in [2.24, 2.45) is 0 Å². The molecule has 0 bridgehead atoms. The number of hydrogen-bond donors (Lipinski definition) is 1. The molecule has 3 nitrogen and oxygen atoms in total. The van der Waals surface area contributed by atoms with E-state index in [4.69, 9.17) is 0 Å². The summed E-state index contributed by atoms with van der Waals surface area (Å²) < 4.78 is 0. The Morgan fingerprint density at radius 1 is 1.39 bits per heavy atom. The highest BCUT2D eigenvalue weighted by Crippen LogP contribution is 2.35. The second kappa shape index (κ2) is 6.04. The molecule has 1 heterocycles. The van der Waals surface area contributed by atoms with Crippen LogP contribution in [-0.2, 0) is 0 Å². The van der Waals surface area contributed by atoms with E-state index in [1.54, 1.807) is 0 Å². The molecule has 0 spiro atoms. The lowest BCUT2D eigenvalue weighted by Gasteiger charge is -2.38. The third kappa shape index (κ3) is 2.87. The molecule has 1 N–H and O–H groups in total. The van der Waals surface area contributed by atoms with E-state index in [0.29, 0.717) is 12.1 Å². The van der Waals surface area contributed by atoms with E-state index in [0.717, 1.165) is 25.8 Å². The van der Waals surface area contributed by atoms with Crippen LogP contribution in [0, 0.1) is 11.3 Å². The van der Waals surface area contributed by atoms with E-state index in [-0.39, 0.29) is 5.54 Å². The number of piperidine rings is 1. The molecule has 3 atom stereocenters. The van der Waals surface area contributed by atoms with Gasteiger partial charge in [0.25, 0.3) is 0 Å². The second-order valence-electron chi connectivity index (χ2n) is 6.10. The van der Waals surface area contributed by atoms with Gasteiger partial charge in [0.05, 0.1) is 6.07 Å². The maximum atomic E-state index is 9.49. The van der Waals surface area contributed by atoms with Crippen molar-refractivity contribution in [3.05, 3.63) is 0 Å². The van der Waals surface area contributed by atoms with Crippen LogP contribution in [0.3, 0.4) is 0 Å². The zero-order valence-corrected chi connectivity index (χ0v) is 11.9. The Morgan fingerprint density at radius 2 is 2.22 bits per heavy atom. The normalized spacial score (nSPS) is 37.6. The van der Waals surface area contributed by atoms with Crippen LogP contribution in [0.5, 0.6) is 0 Å². The third-order valence-electron chi connectivity index (χ3n) is 4.74. The maximum absolute atomic E-state index is 9.49. The van der Waals surface area contributed by atoms with Gasteiger partial charge in [0, 0.05) is 12.1 Å². The molecule has 1 aliphatic heterocycles. The second-order valence-corrected chi connectivity index (χ2v) is 6.10. The van der Waals surface area contributed by atoms with Gasteiger partial charge in [-0.05, 0) is 58.5 Å². The Bertz CT molecular complexity index is 309. The van der Waals surface area contributed by atoms with Crippen LogP contribution in [0.2, 0.25) is 0 Å². The Balaban J connectivity index is 1.95. The lowest BCUT2D eigenvalue weighted by Crippen LogP contribution is -2.47. The van der Waals surface area contributed by atoms with E-state index in [9.17, 15) is 5.26 Å². The summed E-state index contributed by atoms with van der Waals surface area (Å²) in [4.78, 5) is 2.66. The molecule has 1 saturated carbocycles. The van der Waals surface area contributed by atoms with E-state index >= 15 is 0 Å². The monoisotopic (exact) mass is 249 g/mol. The molecule has 1 aliphatic carbocycles. The highest BCUT2D eigenvalue weighted by molar-refractivity contribution is 5.13. The van der Waals surface area contributed by atoms with E-state index in [1.807, 2.05) is 0 Å². The van der Waals surface area contributed by atoms with Crippen LogP contribution in [0.4, 0.5) is 0 Å². The van der Waals surface area contributed by atoms with E-state index < -0.39 is 0 Å². The highest BCUT2D eigenvalue weighted by Gasteiger charge is 2.42. The summed E-state index contributed by atoms with van der Waals surface area (Å²) in [5.41, 5.74) is -0.238. The summed E-state index contributed by atoms with van der Waals surface area (Å²) in [5, 5.41) is 13.0. The van der Waals surface area contributed by atoms with Crippen molar-refractivity contribution in [1.29, 1.82) is 5.26 Å². The number of nitrogens with zero attached hydrogens (tertiary/aromatic N) is 2. The van der Waals surface area contributed by atoms with Crippen LogP contribution < -0.4 is 5.32 Å². The number of hydrogen-bond acceptors (Lipinski definition) is 3. The summed E-state index contributed by atoms with van der Waals surface area (Å²) >= 11 is 0. The van der Waals surface area contributed by atoms with Gasteiger partial charge in [-0.3, -0.25) is 10.2 Å². The van der Waals surface area contributed by atoms with Crippen molar-refractivity contribution in [1.82, 2.24) is 10.2 Å². The van der Waals surface area contributed by atoms with E-state index in [1.165, 1.54) is 32.2 Å². The SMILES string of the molecule is CCCNC1(C#N)CCC(N2CCCCC2C)C1. The molecular weight excluding hydrogens is 222 g/mol. The van der Waals surface area contributed by atoms with Crippen molar-refractivity contribution in [2.45, 2.75) is 76.4 Å². The number of rotatable bonds is 4. The minimum Gasteiger partial charge on any atom is -0.299 e. The molecule has 2 aliphatic rings. The quantitative estimate of drug-likeness (QED) is 0.832. The largest absolute Gasteiger partial charge is 0.299 e. The van der Waals surface area contributed by atoms with Crippen molar-refractivity contribution in [3.63, 3.8) is 0 Å². The summed E-state index contributed by atoms with van der Waals surface area (Å²) in [6.45, 7) is 6.72. The molecule has 2 rings (SSSR count). The molecule has 1 saturated heterocycles. The third-order valence-corrected chi connectivity index (χ3v) is 4.74. The molecule has 3 heteroatoms. The molecule has 2 fully saturated rings. The zero-order chi connectivity index (χ0) is 13.0. The van der Waals surface area contributed by atoms with Crippen LogP contribution in [0.15, 0.2) is 0 Å². The highest BCUT2D eigenvalue weighted by atomic mass is 15.2. The Kier molecular flexibility index (Phi) is 4.64. The van der Waals surface area contributed by atoms with Crippen molar-refractivity contribution in [3.8, 4) is 6.07 Å². The fourth-order valence-corrected chi connectivity index (χ4v) is 3.63. The van der Waals surface area contributed by atoms with Crippen LogP contribution >= 0.6 is 0 Å². The first-order valence-electron chi connectivity index (χ1n) is 7.63. The lowest BCUT2D eigenvalue weighted by molar-refractivity contribution is 0.105. The van der Waals surface area contributed by atoms with Gasteiger partial charge in [0.2, 0.25) is 0 Å². The van der Waals surface area contributed by atoms with Gasteiger partial charge >= 0.3 is 0 Å². The Morgan fingerprint density at radius 3 is 2.89 bits per heavy atom. The van der Waals surface area contributed by atoms with Crippen LogP contribution in [0.1, 0.15) is 58.8 Å². The summed E-state index contributed by atoms with van der Waals surface area (Å²) in [5.74, 6) is 0. The molecule has 0 radical (unpaired) electrons. The molecule has 0 amide bonds. The van der Waals surface area contributed by atoms with E-state index in [2.05, 4.69) is 30.1 Å². The molecule has 0 aromatic carbocycles. The van der Waals surface area contributed by atoms with Crippen molar-refractivity contribution in [2.75, 3.05) is 13.1 Å². The van der Waals surface area contributed by atoms with Crippen LogP contribution in [0.25, 0.3) is 0 Å². The smallest absolute Gasteiger partial charge is 0.108 e. The minimum atomic E-state index is -0.238. The fourth-order valence-electron chi connectivity index (χ4n) is 3.63. The first-order chi connectivity index (χ1) is 8.71. The number of nitrogens with one attached hydrogen (secondary N) is 1. The molecular formula is C15H27N3. The predicted octanol–water partition coefficient (Wildman–Crippen LogP) is 2.68. The Hall–Kier alpha value is -0.590. The molecule has 3 unspecified atom stereocenters. The van der Waals surface area contributed by atoms with Crippen LogP contribution in [-0.4, -0.2) is 35.6 Å². The lowest BCUT2D eigenvalue weighted by atomic mass is 9.97. The van der Waals surface area contributed by atoms with Crippen molar-refractivity contribution < 1.29 is 0 Å². The average molecular weight is 249 g/mol. The molecule has 0 aromatic heterocycles. The molecule has 102 valence electrons. The zero-order valence-electron chi connectivity index (χ0n) is 11.9. The topological polar surface area (TPSA) is 39.1 Å². The van der Waals surface area contributed by atoms with Gasteiger partial charge in [-0.15, -0.1) is 0 Å². The van der Waals surface area contributed by atoms with Gasteiger partial charge in [-0.2, -0.15) is 5.26 Å². The summed E-state index contributed by atoms with van der Waals surface area (Å²) in [6, 6.07) is 3.90. The summed E-state index contributed by atoms with van der Waals surface area (Å²) in [7, 11) is 0. The van der Waals surface area contributed by atoms with Crippen molar-refractivity contribution >= 4 is 0 Å². The first kappa shape index (κ1) is 13.8. The number of likely N-dealkylation sites (tertiary alicyclic amines) is 1. The van der Waals surface area contributed by atoms with Gasteiger partial charge < -0.3 is 0 Å². The molecule has 18 heavy (non-hydrogen) atoms. The van der Waals surface area contributed by atoms with Gasteiger partial charge in [-0.1, -0.05) is 13.3 Å². The van der Waals surface area contributed by atoms with Gasteiger partial charge in [0.15, 0.2) is 0 Å². The van der Waals surface area contributed by atoms with Gasteiger partial charge in [-0.25, -0.2) is 0 Å². The maximum Gasteiger partial charge on any atom is 0.108 e.